The Morgan fingerprint density at radius 2 is 2.26 bits per heavy atom. The molecule has 0 saturated carbocycles. The quantitative estimate of drug-likeness (QED) is 0.901. The highest BCUT2D eigenvalue weighted by Crippen LogP contribution is 2.24. The van der Waals surface area contributed by atoms with Gasteiger partial charge < -0.3 is 9.80 Å². The van der Waals surface area contributed by atoms with E-state index < -0.39 is 0 Å². The molecular formula is C12H18ClN3O2S. The number of hydrogen-bond donors (Lipinski definition) is 1. The lowest BCUT2D eigenvalue weighted by Crippen LogP contribution is -2.49. The molecule has 7 heteroatoms. The summed E-state index contributed by atoms with van der Waals surface area (Å²) in [6.07, 6.45) is 0.941. The van der Waals surface area contributed by atoms with E-state index in [4.69, 9.17) is 11.6 Å². The molecule has 106 valence electrons. The first-order valence-electron chi connectivity index (χ1n) is 6.24. The summed E-state index contributed by atoms with van der Waals surface area (Å²) in [7, 11) is 3.87. The van der Waals surface area contributed by atoms with E-state index in [1.54, 1.807) is 11.9 Å². The highest BCUT2D eigenvalue weighted by Gasteiger charge is 2.31. The fourth-order valence-corrected chi connectivity index (χ4v) is 3.67. The summed E-state index contributed by atoms with van der Waals surface area (Å²) in [6.45, 7) is 4.09. The number of halogens is 1. The molecule has 1 amide bonds. The van der Waals surface area contributed by atoms with E-state index in [1.165, 1.54) is 0 Å². The SMILES string of the molecule is CC1CN(C)CCC1N(C)C(=O)c1s[nH]c(=O)c1Cl. The van der Waals surface area contributed by atoms with Gasteiger partial charge in [-0.3, -0.25) is 14.0 Å². The van der Waals surface area contributed by atoms with Crippen LogP contribution in [0.4, 0.5) is 0 Å². The molecule has 0 spiro atoms. The van der Waals surface area contributed by atoms with Crippen LogP contribution in [0.1, 0.15) is 23.0 Å². The van der Waals surface area contributed by atoms with E-state index in [0.29, 0.717) is 10.8 Å². The van der Waals surface area contributed by atoms with Crippen molar-refractivity contribution >= 4 is 29.0 Å². The van der Waals surface area contributed by atoms with Gasteiger partial charge in [-0.2, -0.15) is 0 Å². The third-order valence-corrected chi connectivity index (χ3v) is 5.06. The maximum atomic E-state index is 12.4. The molecule has 2 unspecified atom stereocenters. The fraction of sp³-hybridized carbons (Fsp3) is 0.667. The first kappa shape index (κ1) is 14.6. The zero-order valence-electron chi connectivity index (χ0n) is 11.3. The summed E-state index contributed by atoms with van der Waals surface area (Å²) in [4.78, 5) is 28.0. The lowest BCUT2D eigenvalue weighted by atomic mass is 9.93. The fourth-order valence-electron chi connectivity index (χ4n) is 2.66. The maximum Gasteiger partial charge on any atom is 0.277 e. The van der Waals surface area contributed by atoms with Crippen molar-refractivity contribution in [3.63, 3.8) is 0 Å². The number of piperidine rings is 1. The second kappa shape index (κ2) is 5.64. The van der Waals surface area contributed by atoms with Crippen molar-refractivity contribution in [1.29, 1.82) is 0 Å². The largest absolute Gasteiger partial charge is 0.338 e. The van der Waals surface area contributed by atoms with Crippen molar-refractivity contribution in [2.24, 2.45) is 5.92 Å². The van der Waals surface area contributed by atoms with Crippen LogP contribution < -0.4 is 5.56 Å². The molecule has 1 aromatic heterocycles. The van der Waals surface area contributed by atoms with Crippen molar-refractivity contribution in [1.82, 2.24) is 14.2 Å². The Balaban J connectivity index is 2.15. The van der Waals surface area contributed by atoms with Gasteiger partial charge in [0.15, 0.2) is 0 Å². The molecule has 19 heavy (non-hydrogen) atoms. The second-order valence-corrected chi connectivity index (χ2v) is 6.38. The topological polar surface area (TPSA) is 56.4 Å². The molecule has 1 saturated heterocycles. The Hall–Kier alpha value is -0.850. The number of nitrogens with zero attached hydrogens (tertiary/aromatic N) is 2. The number of aromatic nitrogens is 1. The number of carbonyl (C=O) groups excluding carboxylic acids is 1. The molecule has 1 N–H and O–H groups in total. The van der Waals surface area contributed by atoms with Crippen LogP contribution in [0.2, 0.25) is 5.02 Å². The van der Waals surface area contributed by atoms with Gasteiger partial charge in [-0.15, -0.1) is 0 Å². The lowest BCUT2D eigenvalue weighted by molar-refractivity contribution is 0.0554. The molecule has 2 rings (SSSR count). The molecule has 1 aliphatic rings. The molecule has 0 radical (unpaired) electrons. The van der Waals surface area contributed by atoms with Gasteiger partial charge >= 0.3 is 0 Å². The van der Waals surface area contributed by atoms with Crippen molar-refractivity contribution < 1.29 is 4.79 Å². The molecule has 1 fully saturated rings. The number of H-pyrrole nitrogens is 1. The average Bonchev–Trinajstić information content (AvgIpc) is 2.68. The van der Waals surface area contributed by atoms with E-state index in [1.807, 2.05) is 0 Å². The van der Waals surface area contributed by atoms with Crippen LogP contribution in [0.5, 0.6) is 0 Å². The van der Waals surface area contributed by atoms with Gasteiger partial charge in [-0.25, -0.2) is 0 Å². The Morgan fingerprint density at radius 1 is 1.58 bits per heavy atom. The molecule has 2 heterocycles. The summed E-state index contributed by atoms with van der Waals surface area (Å²) in [5, 5.41) is 0.00225. The Bertz CT molecular complexity index is 527. The summed E-state index contributed by atoms with van der Waals surface area (Å²) in [6, 6.07) is 0.192. The summed E-state index contributed by atoms with van der Waals surface area (Å²) in [5.74, 6) is 0.233. The Morgan fingerprint density at radius 3 is 2.79 bits per heavy atom. The molecule has 0 aromatic carbocycles. The van der Waals surface area contributed by atoms with Crippen LogP contribution in [0, 0.1) is 5.92 Å². The van der Waals surface area contributed by atoms with Crippen molar-refractivity contribution in [3.05, 3.63) is 20.3 Å². The van der Waals surface area contributed by atoms with Crippen LogP contribution in [0.3, 0.4) is 0 Å². The minimum absolute atomic E-state index is 0.00225. The van der Waals surface area contributed by atoms with Gasteiger partial charge in [0.25, 0.3) is 11.5 Å². The minimum Gasteiger partial charge on any atom is -0.338 e. The molecule has 0 aliphatic carbocycles. The van der Waals surface area contributed by atoms with Crippen molar-refractivity contribution in [2.75, 3.05) is 27.2 Å². The van der Waals surface area contributed by atoms with Crippen LogP contribution >= 0.6 is 23.1 Å². The van der Waals surface area contributed by atoms with Gasteiger partial charge in [0.2, 0.25) is 0 Å². The highest BCUT2D eigenvalue weighted by molar-refractivity contribution is 7.08. The first-order valence-corrected chi connectivity index (χ1v) is 7.44. The highest BCUT2D eigenvalue weighted by atomic mass is 35.5. The number of hydrogen-bond acceptors (Lipinski definition) is 4. The normalized spacial score (nSPS) is 24.4. The van der Waals surface area contributed by atoms with Crippen molar-refractivity contribution in [3.8, 4) is 0 Å². The van der Waals surface area contributed by atoms with Gasteiger partial charge in [0.1, 0.15) is 9.90 Å². The van der Waals surface area contributed by atoms with Crippen LogP contribution in [-0.2, 0) is 0 Å². The van der Waals surface area contributed by atoms with Gasteiger partial charge in [-0.05, 0) is 25.9 Å². The summed E-state index contributed by atoms with van der Waals surface area (Å²) < 4.78 is 2.49. The van der Waals surface area contributed by atoms with E-state index in [9.17, 15) is 9.59 Å². The number of amides is 1. The standard InChI is InChI=1S/C12H18ClN3O2S/c1-7-6-15(2)5-4-8(7)16(3)12(18)10-9(13)11(17)14-19-10/h7-8H,4-6H2,1-3H3,(H,14,17). The molecule has 0 bridgehead atoms. The van der Waals surface area contributed by atoms with E-state index in [-0.39, 0.29) is 22.5 Å². The molecular weight excluding hydrogens is 286 g/mol. The molecule has 1 aliphatic heterocycles. The maximum absolute atomic E-state index is 12.4. The lowest BCUT2D eigenvalue weighted by Gasteiger charge is -2.39. The van der Waals surface area contributed by atoms with E-state index in [2.05, 4.69) is 23.2 Å². The average molecular weight is 304 g/mol. The molecule has 5 nitrogen and oxygen atoms in total. The third-order valence-electron chi connectivity index (χ3n) is 3.72. The van der Waals surface area contributed by atoms with Gasteiger partial charge in [0.05, 0.1) is 0 Å². The summed E-state index contributed by atoms with van der Waals surface area (Å²) in [5.41, 5.74) is -0.389. The van der Waals surface area contributed by atoms with Gasteiger partial charge in [-0.1, -0.05) is 30.1 Å². The smallest absolute Gasteiger partial charge is 0.277 e. The second-order valence-electron chi connectivity index (χ2n) is 5.19. The Labute approximate surface area is 121 Å². The number of aromatic amines is 1. The zero-order chi connectivity index (χ0) is 14.2. The zero-order valence-corrected chi connectivity index (χ0v) is 12.8. The monoisotopic (exact) mass is 303 g/mol. The number of rotatable bonds is 2. The van der Waals surface area contributed by atoms with E-state index >= 15 is 0 Å². The van der Waals surface area contributed by atoms with Gasteiger partial charge in [0, 0.05) is 19.6 Å². The number of nitrogens with one attached hydrogen (secondary N) is 1. The summed E-state index contributed by atoms with van der Waals surface area (Å²) >= 11 is 6.86. The number of likely N-dealkylation sites (tertiary alicyclic amines) is 1. The molecule has 2 atom stereocenters. The van der Waals surface area contributed by atoms with E-state index in [0.717, 1.165) is 31.0 Å². The van der Waals surface area contributed by atoms with Crippen LogP contribution in [-0.4, -0.2) is 53.3 Å². The minimum atomic E-state index is -0.389. The first-order chi connectivity index (χ1) is 8.91. The molecule has 1 aromatic rings. The predicted molar refractivity (Wildman–Crippen MR) is 77.1 cm³/mol. The predicted octanol–water partition coefficient (Wildman–Crippen LogP) is 1.50. The van der Waals surface area contributed by atoms with Crippen molar-refractivity contribution in [2.45, 2.75) is 19.4 Å². The third kappa shape index (κ3) is 2.85. The van der Waals surface area contributed by atoms with Crippen LogP contribution in [0.15, 0.2) is 4.79 Å². The number of carbonyl (C=O) groups is 1. The van der Waals surface area contributed by atoms with Crippen LogP contribution in [0.25, 0.3) is 0 Å². The Kier molecular flexibility index (Phi) is 4.32.